The number of nitrogens with two attached hydrogens (primary N) is 1. The molecule has 2 heteroatoms. The molecule has 2 unspecified atom stereocenters. The van der Waals surface area contributed by atoms with E-state index in [4.69, 9.17) is 5.73 Å². The van der Waals surface area contributed by atoms with Crippen LogP contribution in [0.25, 0.3) is 0 Å². The zero-order chi connectivity index (χ0) is 10.2. The fraction of sp³-hybridized carbons (Fsp3) is 1.00. The Morgan fingerprint density at radius 3 is 2.43 bits per heavy atom. The molecule has 1 aliphatic heterocycles. The quantitative estimate of drug-likeness (QED) is 0.730. The molecule has 0 amide bonds. The molecule has 14 heavy (non-hydrogen) atoms. The minimum atomic E-state index is 0.479. The fourth-order valence-corrected chi connectivity index (χ4v) is 3.09. The average Bonchev–Trinajstić information content (AvgIpc) is 2.05. The van der Waals surface area contributed by atoms with Crippen molar-refractivity contribution in [2.75, 3.05) is 19.6 Å². The van der Waals surface area contributed by atoms with E-state index < -0.39 is 0 Å². The van der Waals surface area contributed by atoms with E-state index in [9.17, 15) is 0 Å². The Hall–Kier alpha value is -0.0800. The van der Waals surface area contributed by atoms with E-state index in [0.29, 0.717) is 11.5 Å². The summed E-state index contributed by atoms with van der Waals surface area (Å²) in [5, 5.41) is 0. The van der Waals surface area contributed by atoms with Crippen LogP contribution in [0, 0.1) is 11.3 Å². The lowest BCUT2D eigenvalue weighted by atomic mass is 9.80. The van der Waals surface area contributed by atoms with E-state index in [2.05, 4.69) is 18.7 Å². The van der Waals surface area contributed by atoms with Crippen molar-refractivity contribution in [3.8, 4) is 0 Å². The number of likely N-dealkylation sites (tertiary alicyclic amines) is 1. The third kappa shape index (κ3) is 2.29. The van der Waals surface area contributed by atoms with Gasteiger partial charge in [0.15, 0.2) is 0 Å². The maximum Gasteiger partial charge on any atom is 0.00793 e. The second-order valence-corrected chi connectivity index (χ2v) is 6.04. The predicted molar refractivity (Wildman–Crippen MR) is 60.2 cm³/mol. The van der Waals surface area contributed by atoms with E-state index in [0.717, 1.165) is 5.92 Å². The standard InChI is InChI=1S/C12H24N2/c1-12(2)8-14(9-12)7-10-5-3-4-6-11(10)13/h10-11H,3-9,13H2,1-2H3. The first-order valence-corrected chi connectivity index (χ1v) is 6.05. The summed E-state index contributed by atoms with van der Waals surface area (Å²) >= 11 is 0. The molecule has 0 radical (unpaired) electrons. The van der Waals surface area contributed by atoms with Crippen LogP contribution in [0.5, 0.6) is 0 Å². The van der Waals surface area contributed by atoms with E-state index in [1.807, 2.05) is 0 Å². The zero-order valence-electron chi connectivity index (χ0n) is 9.63. The molecule has 2 fully saturated rings. The van der Waals surface area contributed by atoms with E-state index in [1.165, 1.54) is 45.3 Å². The predicted octanol–water partition coefficient (Wildman–Crippen LogP) is 1.85. The lowest BCUT2D eigenvalue weighted by Crippen LogP contribution is -2.55. The lowest BCUT2D eigenvalue weighted by Gasteiger charge is -2.48. The van der Waals surface area contributed by atoms with Gasteiger partial charge < -0.3 is 10.6 Å². The molecular formula is C12H24N2. The fourth-order valence-electron chi connectivity index (χ4n) is 3.09. The normalized spacial score (nSPS) is 37.9. The van der Waals surface area contributed by atoms with E-state index in [-0.39, 0.29) is 0 Å². The van der Waals surface area contributed by atoms with Crippen molar-refractivity contribution >= 4 is 0 Å². The van der Waals surface area contributed by atoms with Crippen molar-refractivity contribution in [1.82, 2.24) is 4.90 Å². The van der Waals surface area contributed by atoms with Gasteiger partial charge >= 0.3 is 0 Å². The molecule has 1 saturated heterocycles. The number of nitrogens with zero attached hydrogens (tertiary/aromatic N) is 1. The lowest BCUT2D eigenvalue weighted by molar-refractivity contribution is 0.0107. The van der Waals surface area contributed by atoms with Gasteiger partial charge in [0.25, 0.3) is 0 Å². The van der Waals surface area contributed by atoms with Gasteiger partial charge in [-0.15, -0.1) is 0 Å². The maximum absolute atomic E-state index is 6.15. The van der Waals surface area contributed by atoms with Crippen molar-refractivity contribution in [1.29, 1.82) is 0 Å². The first kappa shape index (κ1) is 10.4. The Morgan fingerprint density at radius 2 is 1.86 bits per heavy atom. The highest BCUT2D eigenvalue weighted by molar-refractivity contribution is 4.90. The molecule has 2 nitrogen and oxygen atoms in total. The molecule has 1 aliphatic carbocycles. The molecule has 1 heterocycles. The Balaban J connectivity index is 1.75. The van der Waals surface area contributed by atoms with Gasteiger partial charge in [-0.3, -0.25) is 0 Å². The molecule has 82 valence electrons. The van der Waals surface area contributed by atoms with Crippen LogP contribution in [0.2, 0.25) is 0 Å². The highest BCUT2D eigenvalue weighted by atomic mass is 15.2. The zero-order valence-corrected chi connectivity index (χ0v) is 9.63. The summed E-state index contributed by atoms with van der Waals surface area (Å²) in [5.41, 5.74) is 6.72. The number of hydrogen-bond donors (Lipinski definition) is 1. The number of rotatable bonds is 2. The van der Waals surface area contributed by atoms with Crippen molar-refractivity contribution in [2.45, 2.75) is 45.6 Å². The van der Waals surface area contributed by atoms with Crippen LogP contribution in [0.4, 0.5) is 0 Å². The smallest absolute Gasteiger partial charge is 0.00793 e. The van der Waals surface area contributed by atoms with Gasteiger partial charge in [0, 0.05) is 25.7 Å². The van der Waals surface area contributed by atoms with Crippen LogP contribution in [0.3, 0.4) is 0 Å². The Labute approximate surface area is 87.8 Å². The summed E-state index contributed by atoms with van der Waals surface area (Å²) in [4.78, 5) is 2.58. The highest BCUT2D eigenvalue weighted by Crippen LogP contribution is 2.32. The van der Waals surface area contributed by atoms with Gasteiger partial charge in [-0.1, -0.05) is 26.7 Å². The minimum absolute atomic E-state index is 0.479. The van der Waals surface area contributed by atoms with Crippen LogP contribution >= 0.6 is 0 Å². The third-order valence-corrected chi connectivity index (χ3v) is 3.76. The van der Waals surface area contributed by atoms with Crippen LogP contribution < -0.4 is 5.73 Å². The molecule has 0 aromatic heterocycles. The van der Waals surface area contributed by atoms with Gasteiger partial charge in [0.05, 0.1) is 0 Å². The summed E-state index contributed by atoms with van der Waals surface area (Å²) in [6.07, 6.45) is 5.36. The largest absolute Gasteiger partial charge is 0.327 e. The first-order chi connectivity index (χ1) is 6.57. The van der Waals surface area contributed by atoms with Crippen LogP contribution in [-0.4, -0.2) is 30.6 Å². The van der Waals surface area contributed by atoms with Crippen LogP contribution in [0.15, 0.2) is 0 Å². The molecule has 1 saturated carbocycles. The van der Waals surface area contributed by atoms with Crippen LogP contribution in [-0.2, 0) is 0 Å². The minimum Gasteiger partial charge on any atom is -0.327 e. The van der Waals surface area contributed by atoms with Gasteiger partial charge in [-0.2, -0.15) is 0 Å². The van der Waals surface area contributed by atoms with Crippen molar-refractivity contribution in [3.05, 3.63) is 0 Å². The number of hydrogen-bond acceptors (Lipinski definition) is 2. The van der Waals surface area contributed by atoms with Crippen molar-refractivity contribution < 1.29 is 0 Å². The Kier molecular flexibility index (Phi) is 2.85. The van der Waals surface area contributed by atoms with Gasteiger partial charge in [0.2, 0.25) is 0 Å². The SMILES string of the molecule is CC1(C)CN(CC2CCCCC2N)C1. The summed E-state index contributed by atoms with van der Waals surface area (Å²) in [6.45, 7) is 8.51. The summed E-state index contributed by atoms with van der Waals surface area (Å²) < 4.78 is 0. The summed E-state index contributed by atoms with van der Waals surface area (Å²) in [5.74, 6) is 0.778. The molecule has 0 bridgehead atoms. The van der Waals surface area contributed by atoms with Crippen LogP contribution in [0.1, 0.15) is 39.5 Å². The molecule has 0 aromatic rings. The molecule has 0 spiro atoms. The first-order valence-electron chi connectivity index (χ1n) is 6.05. The summed E-state index contributed by atoms with van der Waals surface area (Å²) in [7, 11) is 0. The van der Waals surface area contributed by atoms with Gasteiger partial charge in [0.1, 0.15) is 0 Å². The molecule has 2 atom stereocenters. The second-order valence-electron chi connectivity index (χ2n) is 6.04. The summed E-state index contributed by atoms with van der Waals surface area (Å²) in [6, 6.07) is 0.479. The molecular weight excluding hydrogens is 172 g/mol. The second kappa shape index (κ2) is 3.82. The topological polar surface area (TPSA) is 29.3 Å². The monoisotopic (exact) mass is 196 g/mol. The highest BCUT2D eigenvalue weighted by Gasteiger charge is 2.36. The van der Waals surface area contributed by atoms with Crippen molar-refractivity contribution in [2.24, 2.45) is 17.1 Å². The van der Waals surface area contributed by atoms with Gasteiger partial charge in [-0.25, -0.2) is 0 Å². The molecule has 0 aromatic carbocycles. The average molecular weight is 196 g/mol. The maximum atomic E-state index is 6.15. The van der Waals surface area contributed by atoms with Gasteiger partial charge in [-0.05, 0) is 24.2 Å². The third-order valence-electron chi connectivity index (χ3n) is 3.76. The molecule has 2 N–H and O–H groups in total. The Bertz CT molecular complexity index is 192. The van der Waals surface area contributed by atoms with Crippen molar-refractivity contribution in [3.63, 3.8) is 0 Å². The van der Waals surface area contributed by atoms with E-state index >= 15 is 0 Å². The Morgan fingerprint density at radius 1 is 1.21 bits per heavy atom. The molecule has 2 rings (SSSR count). The van der Waals surface area contributed by atoms with E-state index in [1.54, 1.807) is 0 Å². The molecule has 2 aliphatic rings.